The van der Waals surface area contributed by atoms with Crippen molar-refractivity contribution in [3.05, 3.63) is 267 Å². The van der Waals surface area contributed by atoms with Crippen LogP contribution < -0.4 is 20.1 Å². The van der Waals surface area contributed by atoms with Gasteiger partial charge >= 0.3 is 0 Å². The number of benzene rings is 12. The monoisotopic (exact) mass is 1260 g/mol. The molecule has 0 unspecified atom stereocenters. The number of aromatic nitrogens is 4. The molecule has 8 nitrogen and oxygen atoms in total. The summed E-state index contributed by atoms with van der Waals surface area (Å²) in [4.78, 5) is 25.7. The zero-order chi connectivity index (χ0) is 60.8. The zero-order valence-corrected chi connectivity index (χ0v) is 52.4. The van der Waals surface area contributed by atoms with Crippen LogP contribution in [0.4, 0.5) is 22.7 Å². The van der Waals surface area contributed by atoms with Crippen molar-refractivity contribution in [1.82, 2.24) is 19.4 Å². The van der Waals surface area contributed by atoms with Gasteiger partial charge in [0.15, 0.2) is 11.5 Å². The first kappa shape index (κ1) is 53.0. The van der Waals surface area contributed by atoms with Crippen molar-refractivity contribution in [2.45, 2.75) is 39.2 Å². The Hall–Kier alpha value is -10.7. The zero-order valence-electron chi connectivity index (χ0n) is 49.1. The third kappa shape index (κ3) is 8.35. The lowest BCUT2D eigenvalue weighted by Crippen LogP contribution is -2.08. The minimum absolute atomic E-state index is 0.718. The molecule has 0 radical (unpaired) electrons. The van der Waals surface area contributed by atoms with E-state index in [2.05, 4.69) is 258 Å². The summed E-state index contributed by atoms with van der Waals surface area (Å²) >= 11 is 7.23. The standard InChI is InChI=1S/C81H46N6O2S4/c1-2-26-54-45(19-1)43-52-46(20-13-31-55(52)82-54)53-44-61-73(48-23-17-42-71-81(48)93-69-40-12-11-39-68(69)91-71)74(49-22-16-36-65-80(49)92-67-38-10-8-34-63(67)89-65)79(50-24-14-32-60-75(50)84-57-28-4-3-27-56(57)83-60)87(61)78(51-25-18-41-70-77(51)86-59-30-6-9-37-66(59)90-70)72(53)47-21-15-35-64-76(47)85-58-29-5-7-33-62(58)88-64/h1-44,85-86H. The molecule has 2 N–H and O–H groups in total. The molecule has 436 valence electrons. The molecule has 0 fully saturated rings. The summed E-state index contributed by atoms with van der Waals surface area (Å²) in [5.41, 5.74) is 21.8. The summed E-state index contributed by atoms with van der Waals surface area (Å²) in [5.74, 6) is 3.10. The predicted molar refractivity (Wildman–Crippen MR) is 382 cm³/mol. The van der Waals surface area contributed by atoms with E-state index in [0.717, 1.165) is 182 Å². The topological polar surface area (TPSA) is 85.6 Å². The fourth-order valence-electron chi connectivity index (χ4n) is 14.0. The molecular weight excluding hydrogens is 1220 g/mol. The molecule has 93 heavy (non-hydrogen) atoms. The van der Waals surface area contributed by atoms with E-state index in [1.165, 1.54) is 19.6 Å². The van der Waals surface area contributed by atoms with Crippen molar-refractivity contribution >= 4 is 119 Å². The minimum atomic E-state index is 0.718. The fraction of sp³-hybridized carbons (Fsp3) is 0. The summed E-state index contributed by atoms with van der Waals surface area (Å²) < 4.78 is 16.7. The molecule has 20 rings (SSSR count). The molecule has 4 aliphatic rings. The van der Waals surface area contributed by atoms with Crippen LogP contribution in [-0.4, -0.2) is 19.4 Å². The number of hydrogen-bond acceptors (Lipinski definition) is 11. The molecule has 16 aromatic rings. The van der Waals surface area contributed by atoms with Crippen LogP contribution in [0.25, 0.3) is 116 Å². The first-order valence-corrected chi connectivity index (χ1v) is 34.1. The molecule has 0 amide bonds. The van der Waals surface area contributed by atoms with E-state index in [1.54, 1.807) is 23.5 Å². The normalized spacial score (nSPS) is 13.1. The lowest BCUT2D eigenvalue weighted by Gasteiger charge is -2.29. The second-order valence-electron chi connectivity index (χ2n) is 23.4. The van der Waals surface area contributed by atoms with Crippen molar-refractivity contribution in [1.29, 1.82) is 0 Å². The van der Waals surface area contributed by atoms with E-state index in [-0.39, 0.29) is 0 Å². The van der Waals surface area contributed by atoms with Gasteiger partial charge in [-0.05, 0) is 132 Å². The second-order valence-corrected chi connectivity index (χ2v) is 27.7. The average Bonchev–Trinajstić information content (AvgIpc) is 1.58. The summed E-state index contributed by atoms with van der Waals surface area (Å²) in [7, 11) is 0. The molecule has 4 aromatic heterocycles. The molecule has 8 heterocycles. The van der Waals surface area contributed by atoms with Crippen LogP contribution >= 0.6 is 47.0 Å². The van der Waals surface area contributed by atoms with Gasteiger partial charge in [0, 0.05) is 79.1 Å². The summed E-state index contributed by atoms with van der Waals surface area (Å²) in [6, 6.07) is 95.3. The maximum Gasteiger partial charge on any atom is 0.151 e. The number of hydrogen-bond donors (Lipinski definition) is 2. The first-order chi connectivity index (χ1) is 46.1. The van der Waals surface area contributed by atoms with Crippen LogP contribution in [0, 0.1) is 0 Å². The van der Waals surface area contributed by atoms with Crippen LogP contribution in [0.15, 0.2) is 306 Å². The Kier molecular flexibility index (Phi) is 11.9. The third-order valence-corrected chi connectivity index (χ3v) is 23.0. The van der Waals surface area contributed by atoms with Gasteiger partial charge in [0.1, 0.15) is 11.5 Å². The largest absolute Gasteiger partial charge is 0.455 e. The fourth-order valence-corrected chi connectivity index (χ4v) is 18.5. The van der Waals surface area contributed by atoms with Crippen LogP contribution in [0.1, 0.15) is 0 Å². The number of para-hydroxylation sites is 10. The van der Waals surface area contributed by atoms with Crippen LogP contribution in [0.5, 0.6) is 23.0 Å². The number of pyridine rings is 2. The lowest BCUT2D eigenvalue weighted by molar-refractivity contribution is 0.455. The van der Waals surface area contributed by atoms with E-state index in [4.69, 9.17) is 24.4 Å². The van der Waals surface area contributed by atoms with Crippen LogP contribution in [-0.2, 0) is 0 Å². The van der Waals surface area contributed by atoms with E-state index in [0.29, 0.717) is 0 Å². The van der Waals surface area contributed by atoms with Gasteiger partial charge in [-0.25, -0.2) is 15.0 Å². The van der Waals surface area contributed by atoms with Crippen LogP contribution in [0.2, 0.25) is 0 Å². The average molecular weight is 1260 g/mol. The van der Waals surface area contributed by atoms with Crippen LogP contribution in [0.3, 0.4) is 0 Å². The van der Waals surface area contributed by atoms with Crippen molar-refractivity contribution in [2.24, 2.45) is 0 Å². The Balaban J connectivity index is 1.04. The van der Waals surface area contributed by atoms with Crippen molar-refractivity contribution in [2.75, 3.05) is 10.6 Å². The van der Waals surface area contributed by atoms with E-state index in [9.17, 15) is 0 Å². The maximum atomic E-state index is 7.05. The van der Waals surface area contributed by atoms with E-state index < -0.39 is 0 Å². The Bertz CT molecular complexity index is 5950. The highest BCUT2D eigenvalue weighted by Gasteiger charge is 2.37. The van der Waals surface area contributed by atoms with Crippen molar-refractivity contribution < 1.29 is 9.47 Å². The number of fused-ring (bicyclic) bond motifs is 13. The summed E-state index contributed by atoms with van der Waals surface area (Å²) in [6.07, 6.45) is 0. The Labute approximate surface area is 550 Å². The van der Waals surface area contributed by atoms with Gasteiger partial charge in [-0.3, -0.25) is 0 Å². The molecule has 0 aliphatic carbocycles. The van der Waals surface area contributed by atoms with Gasteiger partial charge < -0.3 is 24.5 Å². The number of rotatable bonds is 6. The van der Waals surface area contributed by atoms with Crippen molar-refractivity contribution in [3.8, 4) is 90.0 Å². The Morgan fingerprint density at radius 2 is 0.839 bits per heavy atom. The highest BCUT2D eigenvalue weighted by Crippen LogP contribution is 2.62. The number of nitrogens with zero attached hydrogens (tertiary/aromatic N) is 4. The maximum absolute atomic E-state index is 7.05. The molecule has 12 heteroatoms. The number of ether oxygens (including phenoxy) is 2. The first-order valence-electron chi connectivity index (χ1n) is 30.8. The second kappa shape index (κ2) is 20.9. The van der Waals surface area contributed by atoms with Gasteiger partial charge in [-0.15, -0.1) is 0 Å². The molecule has 4 aliphatic heterocycles. The van der Waals surface area contributed by atoms with Gasteiger partial charge in [0.25, 0.3) is 0 Å². The van der Waals surface area contributed by atoms with E-state index >= 15 is 0 Å². The summed E-state index contributed by atoms with van der Waals surface area (Å²) in [6.45, 7) is 0. The molecule has 0 saturated carbocycles. The van der Waals surface area contributed by atoms with E-state index in [1.807, 2.05) is 47.8 Å². The number of anilines is 4. The minimum Gasteiger partial charge on any atom is -0.455 e. The predicted octanol–water partition coefficient (Wildman–Crippen LogP) is 23.7. The van der Waals surface area contributed by atoms with Gasteiger partial charge in [0.05, 0.1) is 82.5 Å². The molecule has 0 saturated heterocycles. The lowest BCUT2D eigenvalue weighted by atomic mass is 9.86. The highest BCUT2D eigenvalue weighted by atomic mass is 32.2. The van der Waals surface area contributed by atoms with Gasteiger partial charge in [0.2, 0.25) is 0 Å². The third-order valence-electron chi connectivity index (χ3n) is 18.1. The molecule has 0 atom stereocenters. The Morgan fingerprint density at radius 1 is 0.301 bits per heavy atom. The van der Waals surface area contributed by atoms with Gasteiger partial charge in [-0.2, -0.15) is 0 Å². The molecule has 12 aromatic carbocycles. The van der Waals surface area contributed by atoms with Crippen molar-refractivity contribution in [3.63, 3.8) is 0 Å². The smallest absolute Gasteiger partial charge is 0.151 e. The van der Waals surface area contributed by atoms with Gasteiger partial charge in [-0.1, -0.05) is 199 Å². The SMILES string of the molecule is c1ccc2c(c1)Nc1c(cccc1-c1c(-c3cccc4nc5ccccc5cc34)cc3c(-c4cccc5c4Sc4ccccc4S5)c(-c4cccc5c4Sc4ccccc4O5)c(-c4cccc5nc6ccccc6nc45)n3c1-c1cccc3c1Nc1ccccc1S3)O2. The Morgan fingerprint density at radius 3 is 1.70 bits per heavy atom. The quantitative estimate of drug-likeness (QED) is 0.156. The summed E-state index contributed by atoms with van der Waals surface area (Å²) in [5, 5.41) is 10.2. The highest BCUT2D eigenvalue weighted by molar-refractivity contribution is 8.05. The molecule has 0 bridgehead atoms. The molecular formula is C81H46N6O2S4. The molecule has 0 spiro atoms. The number of nitrogens with one attached hydrogen (secondary N) is 2.